The summed E-state index contributed by atoms with van der Waals surface area (Å²) in [4.78, 5) is 58.2. The number of rotatable bonds is 5. The van der Waals surface area contributed by atoms with E-state index < -0.39 is 62.7 Å². The highest BCUT2D eigenvalue weighted by Crippen LogP contribution is 2.45. The first-order valence-electron chi connectivity index (χ1n) is 19.7. The third kappa shape index (κ3) is 10.2. The van der Waals surface area contributed by atoms with Crippen molar-refractivity contribution in [3.8, 4) is 17.2 Å². The lowest BCUT2D eigenvalue weighted by Gasteiger charge is -2.44. The van der Waals surface area contributed by atoms with Gasteiger partial charge >= 0.3 is 47.6 Å². The molecule has 6 rings (SSSR count). The third-order valence-corrected chi connectivity index (χ3v) is 11.8. The zero-order chi connectivity index (χ0) is 50.3. The topological polar surface area (TPSA) is 175 Å². The molecule has 362 valence electrons. The lowest BCUT2D eigenvalue weighted by molar-refractivity contribution is -0.386. The van der Waals surface area contributed by atoms with Crippen molar-refractivity contribution in [1.82, 2.24) is 14.7 Å². The number of methoxy groups -OCH3 is 3. The second kappa shape index (κ2) is 18.5. The molecule has 0 aliphatic carbocycles. The minimum atomic E-state index is -4.99. The molecule has 3 amide bonds. The molecule has 0 saturated heterocycles. The van der Waals surface area contributed by atoms with Crippen LogP contribution in [0.3, 0.4) is 0 Å². The summed E-state index contributed by atoms with van der Waals surface area (Å²) in [7, 11) is 4.10. The quantitative estimate of drug-likeness (QED) is 0.137. The monoisotopic (exact) mass is 951 g/mol. The van der Waals surface area contributed by atoms with E-state index in [1.807, 2.05) is 6.07 Å². The van der Waals surface area contributed by atoms with Crippen LogP contribution in [0.5, 0.6) is 17.2 Å². The lowest BCUT2D eigenvalue weighted by Crippen LogP contribution is -2.54. The van der Waals surface area contributed by atoms with Gasteiger partial charge < -0.3 is 28.9 Å². The fraction of sp³-hybridized carbons (Fsp3) is 0.500. The molecule has 0 aromatic heterocycles. The molecule has 15 nitrogen and oxygen atoms in total. The summed E-state index contributed by atoms with van der Waals surface area (Å²) in [5.74, 6) is -4.95. The van der Waals surface area contributed by atoms with Gasteiger partial charge in [0, 0.05) is 31.3 Å². The van der Waals surface area contributed by atoms with Gasteiger partial charge in [-0.3, -0.25) is 34.6 Å². The van der Waals surface area contributed by atoms with Gasteiger partial charge in [-0.2, -0.15) is 39.5 Å². The number of nitro groups is 2. The molecule has 0 fully saturated rings. The van der Waals surface area contributed by atoms with Gasteiger partial charge in [-0.15, -0.1) is 0 Å². The van der Waals surface area contributed by atoms with Gasteiger partial charge in [0.05, 0.1) is 47.8 Å². The van der Waals surface area contributed by atoms with Crippen molar-refractivity contribution in [2.75, 3.05) is 41.0 Å². The Morgan fingerprint density at radius 1 is 0.545 bits per heavy atom. The van der Waals surface area contributed by atoms with Crippen molar-refractivity contribution in [2.45, 2.75) is 96.0 Å². The van der Waals surface area contributed by atoms with Crippen molar-refractivity contribution < 1.29 is 78.0 Å². The van der Waals surface area contributed by atoms with Crippen LogP contribution in [0.25, 0.3) is 0 Å². The second-order valence-electron chi connectivity index (χ2n) is 16.7. The number of amides is 3. The first-order valence-corrected chi connectivity index (χ1v) is 19.7. The fourth-order valence-electron chi connectivity index (χ4n) is 8.49. The third-order valence-electron chi connectivity index (χ3n) is 11.8. The summed E-state index contributed by atoms with van der Waals surface area (Å²) in [6, 6.07) is 10.7. The number of benzene rings is 3. The van der Waals surface area contributed by atoms with Gasteiger partial charge in [-0.25, -0.2) is 0 Å². The smallest absolute Gasteiger partial charge is 0.471 e. The molecule has 0 spiro atoms. The molecule has 3 aromatic carbocycles. The zero-order valence-electron chi connectivity index (χ0n) is 37.0. The SMILES string of the molecule is COc1cc2c(cc1[N+](=O)[O-])C(C)(C)N(C(=O)C(F)(F)F)CC2.COc1ccc2c(c1)CCN(C(=O)C(F)(F)F)C2(C)C.COc1ccc2c(c1[N+](=O)[O-])CCN(C(=O)C(F)(F)F)C2(C)C. The number of nitrogens with zero attached hydrogens (tertiary/aromatic N) is 5. The number of halogens is 9. The van der Waals surface area contributed by atoms with Gasteiger partial charge in [0.2, 0.25) is 0 Å². The number of nitro benzene ring substituents is 2. The van der Waals surface area contributed by atoms with Crippen LogP contribution in [0.15, 0.2) is 42.5 Å². The van der Waals surface area contributed by atoms with Crippen LogP contribution in [-0.4, -0.2) is 102 Å². The van der Waals surface area contributed by atoms with E-state index in [1.165, 1.54) is 73.3 Å². The first kappa shape index (κ1) is 52.3. The lowest BCUT2D eigenvalue weighted by atomic mass is 9.82. The molecule has 0 saturated carbocycles. The molecule has 0 N–H and O–H groups in total. The maximum absolute atomic E-state index is 12.8. The molecule has 0 bridgehead atoms. The van der Waals surface area contributed by atoms with Crippen LogP contribution < -0.4 is 14.2 Å². The largest absolute Gasteiger partial charge is 0.497 e. The van der Waals surface area contributed by atoms with E-state index in [1.54, 1.807) is 26.0 Å². The number of hydrogen-bond acceptors (Lipinski definition) is 10. The van der Waals surface area contributed by atoms with E-state index in [4.69, 9.17) is 14.2 Å². The molecular weight excluding hydrogens is 905 g/mol. The highest BCUT2D eigenvalue weighted by atomic mass is 19.4. The summed E-state index contributed by atoms with van der Waals surface area (Å²) in [5, 5.41) is 22.4. The van der Waals surface area contributed by atoms with E-state index in [-0.39, 0.29) is 55.3 Å². The second-order valence-corrected chi connectivity index (χ2v) is 16.7. The molecule has 0 unspecified atom stereocenters. The van der Waals surface area contributed by atoms with E-state index >= 15 is 0 Å². The van der Waals surface area contributed by atoms with E-state index in [0.717, 1.165) is 16.0 Å². The number of hydrogen-bond donors (Lipinski definition) is 0. The van der Waals surface area contributed by atoms with E-state index in [9.17, 15) is 74.1 Å². The highest BCUT2D eigenvalue weighted by molar-refractivity contribution is 5.84. The Bertz CT molecular complexity index is 2360. The molecule has 3 aromatic rings. The number of carbonyl (C=O) groups excluding carboxylic acids is 3. The Morgan fingerprint density at radius 2 is 0.955 bits per heavy atom. The average Bonchev–Trinajstić information content (AvgIpc) is 3.21. The van der Waals surface area contributed by atoms with Crippen molar-refractivity contribution in [3.05, 3.63) is 96.1 Å². The summed E-state index contributed by atoms with van der Waals surface area (Å²) >= 11 is 0. The Morgan fingerprint density at radius 3 is 1.36 bits per heavy atom. The van der Waals surface area contributed by atoms with Crippen LogP contribution in [-0.2, 0) is 50.3 Å². The molecule has 3 heterocycles. The molecule has 0 radical (unpaired) electrons. The maximum atomic E-state index is 12.8. The summed E-state index contributed by atoms with van der Waals surface area (Å²) in [6.45, 7) is 8.66. The van der Waals surface area contributed by atoms with Gasteiger partial charge in [0.1, 0.15) is 5.75 Å². The van der Waals surface area contributed by atoms with E-state index in [2.05, 4.69) is 0 Å². The maximum Gasteiger partial charge on any atom is 0.471 e. The Kier molecular flexibility index (Phi) is 14.6. The number of carbonyl (C=O) groups is 3. The van der Waals surface area contributed by atoms with Crippen LogP contribution in [0.2, 0.25) is 0 Å². The first-order chi connectivity index (χ1) is 30.2. The predicted molar refractivity (Wildman–Crippen MR) is 216 cm³/mol. The zero-order valence-corrected chi connectivity index (χ0v) is 37.0. The minimum absolute atomic E-state index is 0.0418. The molecule has 66 heavy (non-hydrogen) atoms. The van der Waals surface area contributed by atoms with Crippen molar-refractivity contribution in [2.24, 2.45) is 0 Å². The molecule has 24 heteroatoms. The Labute approximate surface area is 371 Å². The molecular formula is C42H46F9N5O10. The Hall–Kier alpha value is -6.36. The Balaban J connectivity index is 0.000000217. The van der Waals surface area contributed by atoms with Crippen LogP contribution in [0.4, 0.5) is 50.9 Å². The van der Waals surface area contributed by atoms with Crippen LogP contribution in [0, 0.1) is 20.2 Å². The number of ether oxygens (including phenoxy) is 3. The van der Waals surface area contributed by atoms with Gasteiger partial charge in [0.25, 0.3) is 0 Å². The summed E-state index contributed by atoms with van der Waals surface area (Å²) in [5.41, 5.74) is -1.06. The molecule has 3 aliphatic rings. The normalized spacial score (nSPS) is 17.0. The van der Waals surface area contributed by atoms with Crippen molar-refractivity contribution in [1.29, 1.82) is 0 Å². The molecule has 0 atom stereocenters. The summed E-state index contributed by atoms with van der Waals surface area (Å²) in [6.07, 6.45) is -14.3. The van der Waals surface area contributed by atoms with Crippen LogP contribution >= 0.6 is 0 Å². The van der Waals surface area contributed by atoms with E-state index in [0.29, 0.717) is 44.2 Å². The standard InChI is InChI=1S/2C14H15F3N2O4.C14H16F3NO2/c1-13(2)9-7-10(19(21)22)11(23-3)6-8(9)4-5-18(13)12(20)14(15,16)17;1-13(2)9-4-5-10(23-3)11(19(21)22)8(9)6-7-18(13)12(20)14(15,16)17;1-13(2)11-5-4-10(20-3)8-9(11)6-7-18(13)12(19)14(15,16)17/h6-7H,4-5H2,1-3H3;4-5H,6-7H2,1-3H3;4-5,8H,6-7H2,1-3H3. The van der Waals surface area contributed by atoms with Crippen molar-refractivity contribution in [3.63, 3.8) is 0 Å². The summed E-state index contributed by atoms with van der Waals surface area (Å²) < 4.78 is 130. The highest BCUT2D eigenvalue weighted by Gasteiger charge is 2.52. The fourth-order valence-corrected chi connectivity index (χ4v) is 8.49. The van der Waals surface area contributed by atoms with Gasteiger partial charge in [-0.1, -0.05) is 12.1 Å². The van der Waals surface area contributed by atoms with Gasteiger partial charge in [0.15, 0.2) is 11.5 Å². The van der Waals surface area contributed by atoms with Crippen LogP contribution in [0.1, 0.15) is 74.9 Å². The number of fused-ring (bicyclic) bond motifs is 3. The van der Waals surface area contributed by atoms with Crippen molar-refractivity contribution >= 4 is 29.1 Å². The average molecular weight is 952 g/mol. The minimum Gasteiger partial charge on any atom is -0.497 e. The predicted octanol–water partition coefficient (Wildman–Crippen LogP) is 8.45. The van der Waals surface area contributed by atoms with Gasteiger partial charge in [-0.05, 0) is 113 Å². The molecule has 3 aliphatic heterocycles. The number of alkyl halides is 9.